The van der Waals surface area contributed by atoms with Gasteiger partial charge < -0.3 is 15.3 Å². The van der Waals surface area contributed by atoms with E-state index in [2.05, 4.69) is 30.0 Å². The maximum absolute atomic E-state index is 9.18. The van der Waals surface area contributed by atoms with E-state index in [9.17, 15) is 15.3 Å². The van der Waals surface area contributed by atoms with Crippen LogP contribution in [0.4, 0.5) is 0 Å². The van der Waals surface area contributed by atoms with Crippen LogP contribution in [0.2, 0.25) is 0 Å². The van der Waals surface area contributed by atoms with Crippen molar-refractivity contribution in [3.05, 3.63) is 0 Å². The van der Waals surface area contributed by atoms with E-state index in [0.29, 0.717) is 0 Å². The predicted octanol–water partition coefficient (Wildman–Crippen LogP) is -0.861. The maximum Gasteiger partial charge on any atom is 0.320 e. The third kappa shape index (κ3) is 1.06. The van der Waals surface area contributed by atoms with E-state index in [0.717, 1.165) is 0 Å². The van der Waals surface area contributed by atoms with Crippen molar-refractivity contribution < 1.29 is 15.3 Å². The Morgan fingerprint density at radius 1 is 0.562 bits per heavy atom. The summed E-state index contributed by atoms with van der Waals surface area (Å²) < 4.78 is 0. The summed E-state index contributed by atoms with van der Waals surface area (Å²) in [4.78, 5) is 22.5. The van der Waals surface area contributed by atoms with Crippen molar-refractivity contribution in [3.8, 4) is 0 Å². The molecule has 0 radical (unpaired) electrons. The summed E-state index contributed by atoms with van der Waals surface area (Å²) in [6, 6.07) is -1.76. The van der Waals surface area contributed by atoms with Crippen LogP contribution in [0.15, 0.2) is 30.0 Å². The molecule has 0 amide bonds. The first-order chi connectivity index (χ1) is 7.63. The molecular formula is C6H3N7O3. The Hall–Kier alpha value is -2.78. The molecule has 3 heterocycles. The van der Waals surface area contributed by atoms with Crippen LogP contribution in [0.1, 0.15) is 0 Å². The summed E-state index contributed by atoms with van der Waals surface area (Å²) in [7, 11) is 0. The van der Waals surface area contributed by atoms with Crippen LogP contribution in [-0.4, -0.2) is 56.2 Å². The van der Waals surface area contributed by atoms with Crippen LogP contribution in [-0.2, 0) is 0 Å². The molecule has 0 aromatic carbocycles. The molecule has 0 saturated heterocycles. The molecule has 3 N–H and O–H groups in total. The molecule has 10 heteroatoms. The third-order valence-electron chi connectivity index (χ3n) is 1.80. The fraction of sp³-hybridized carbons (Fsp3) is 0. The van der Waals surface area contributed by atoms with E-state index in [-0.39, 0.29) is 17.9 Å². The Labute approximate surface area is 87.1 Å². The zero-order chi connectivity index (χ0) is 11.3. The zero-order valence-electron chi connectivity index (χ0n) is 7.47. The first-order valence-corrected chi connectivity index (χ1v) is 4.02. The number of aliphatic hydroxyl groups excluding tert-OH is 3. The first kappa shape index (κ1) is 8.52. The van der Waals surface area contributed by atoms with Gasteiger partial charge in [-0.25, -0.2) is 4.90 Å². The van der Waals surface area contributed by atoms with Gasteiger partial charge in [0.2, 0.25) is 17.9 Å². The number of hydrogen-bond donors (Lipinski definition) is 3. The predicted molar refractivity (Wildman–Crippen MR) is 54.3 cm³/mol. The zero-order valence-corrected chi connectivity index (χ0v) is 7.47. The van der Waals surface area contributed by atoms with Gasteiger partial charge in [-0.3, -0.25) is 0 Å². The highest BCUT2D eigenvalue weighted by Gasteiger charge is 2.34. The van der Waals surface area contributed by atoms with Crippen molar-refractivity contribution in [1.82, 2.24) is 4.90 Å². The quantitative estimate of drug-likeness (QED) is 0.489. The molecule has 0 bridgehead atoms. The topological polar surface area (TPSA) is 138 Å². The highest BCUT2D eigenvalue weighted by molar-refractivity contribution is 6.28. The Morgan fingerprint density at radius 3 is 1.19 bits per heavy atom. The minimum absolute atomic E-state index is 0.0787. The van der Waals surface area contributed by atoms with Crippen molar-refractivity contribution in [2.24, 2.45) is 30.0 Å². The molecule has 80 valence electrons. The number of rotatable bonds is 0. The lowest BCUT2D eigenvalue weighted by molar-refractivity contribution is 0.524. The second-order valence-corrected chi connectivity index (χ2v) is 2.81. The first-order valence-electron chi connectivity index (χ1n) is 4.02. The smallest absolute Gasteiger partial charge is 0.320 e. The van der Waals surface area contributed by atoms with E-state index < -0.39 is 18.1 Å². The molecule has 0 aromatic rings. The lowest BCUT2D eigenvalue weighted by atomic mass is 10.5. The summed E-state index contributed by atoms with van der Waals surface area (Å²) in [5.41, 5.74) is 0. The van der Waals surface area contributed by atoms with Crippen LogP contribution in [0.25, 0.3) is 0 Å². The number of nitrogens with zero attached hydrogens (tertiary/aromatic N) is 7. The van der Waals surface area contributed by atoms with Gasteiger partial charge in [-0.05, 0) is 0 Å². The number of guanidine groups is 3. The Balaban J connectivity index is 2.24. The Kier molecular flexibility index (Phi) is 1.40. The van der Waals surface area contributed by atoms with Gasteiger partial charge in [0.1, 0.15) is 0 Å². The van der Waals surface area contributed by atoms with Gasteiger partial charge in [-0.1, -0.05) is 0 Å². The van der Waals surface area contributed by atoms with Gasteiger partial charge in [0, 0.05) is 0 Å². The number of hydrogen-bond acceptors (Lipinski definition) is 7. The number of aliphatic imine (C=N–C) groups is 6. The summed E-state index contributed by atoms with van der Waals surface area (Å²) in [5, 5.41) is 27.5. The Bertz CT molecular complexity index is 486. The minimum Gasteiger partial charge on any atom is -0.479 e. The van der Waals surface area contributed by atoms with Gasteiger partial charge in [0.05, 0.1) is 0 Å². The SMILES string of the molecule is OC1=NC2=NC(O)=NC3=NC(O)=NC(=N1)N23. The fourth-order valence-corrected chi connectivity index (χ4v) is 1.25. The summed E-state index contributed by atoms with van der Waals surface area (Å²) in [6.45, 7) is 0. The second-order valence-electron chi connectivity index (χ2n) is 2.81. The van der Waals surface area contributed by atoms with Crippen molar-refractivity contribution in [3.63, 3.8) is 0 Å². The van der Waals surface area contributed by atoms with Gasteiger partial charge in [0.25, 0.3) is 0 Å². The largest absolute Gasteiger partial charge is 0.479 e. The van der Waals surface area contributed by atoms with Crippen LogP contribution in [0, 0.1) is 0 Å². The minimum atomic E-state index is -0.586. The molecule has 0 unspecified atom stereocenters. The van der Waals surface area contributed by atoms with Crippen molar-refractivity contribution in [1.29, 1.82) is 0 Å². The molecule has 0 atom stereocenters. The monoisotopic (exact) mass is 221 g/mol. The second kappa shape index (κ2) is 2.62. The van der Waals surface area contributed by atoms with E-state index in [1.807, 2.05) is 0 Å². The molecule has 3 aliphatic rings. The summed E-state index contributed by atoms with van der Waals surface area (Å²) in [5.74, 6) is -0.236. The van der Waals surface area contributed by atoms with Crippen molar-refractivity contribution >= 4 is 35.9 Å². The van der Waals surface area contributed by atoms with E-state index >= 15 is 0 Å². The highest BCUT2D eigenvalue weighted by atomic mass is 16.3. The molecule has 0 saturated carbocycles. The molecule has 0 spiro atoms. The van der Waals surface area contributed by atoms with Crippen LogP contribution in [0.3, 0.4) is 0 Å². The maximum atomic E-state index is 9.18. The van der Waals surface area contributed by atoms with Gasteiger partial charge >= 0.3 is 18.1 Å². The van der Waals surface area contributed by atoms with Gasteiger partial charge in [-0.2, -0.15) is 30.0 Å². The normalized spacial score (nSPS) is 22.1. The van der Waals surface area contributed by atoms with E-state index in [1.165, 1.54) is 4.90 Å². The molecule has 10 nitrogen and oxygen atoms in total. The molecule has 3 rings (SSSR count). The van der Waals surface area contributed by atoms with E-state index in [4.69, 9.17) is 0 Å². The molecule has 16 heavy (non-hydrogen) atoms. The van der Waals surface area contributed by atoms with Crippen molar-refractivity contribution in [2.75, 3.05) is 0 Å². The average molecular weight is 221 g/mol. The van der Waals surface area contributed by atoms with Gasteiger partial charge in [-0.15, -0.1) is 0 Å². The molecule has 0 aliphatic carbocycles. The van der Waals surface area contributed by atoms with Gasteiger partial charge in [0.15, 0.2) is 0 Å². The van der Waals surface area contributed by atoms with Crippen LogP contribution >= 0.6 is 0 Å². The van der Waals surface area contributed by atoms with Crippen LogP contribution in [0.5, 0.6) is 0 Å². The summed E-state index contributed by atoms with van der Waals surface area (Å²) >= 11 is 0. The standard InChI is InChI=1S/C6H3N7O3/c14-4-7-1-8-5(15)10-3-12-6(16)11-2(9-4)13(1)3/h(H3,7,8,9,10,11,12,14,15,16). The number of aliphatic hydroxyl groups is 3. The highest BCUT2D eigenvalue weighted by Crippen LogP contribution is 2.15. The molecule has 0 aromatic heterocycles. The van der Waals surface area contributed by atoms with Crippen LogP contribution < -0.4 is 0 Å². The molecule has 0 fully saturated rings. The van der Waals surface area contributed by atoms with E-state index in [1.54, 1.807) is 0 Å². The molecule has 3 aliphatic heterocycles. The third-order valence-corrected chi connectivity index (χ3v) is 1.80. The van der Waals surface area contributed by atoms with Crippen molar-refractivity contribution in [2.45, 2.75) is 0 Å². The Morgan fingerprint density at radius 2 is 0.875 bits per heavy atom. The lowest BCUT2D eigenvalue weighted by Gasteiger charge is -2.26. The average Bonchev–Trinajstić information content (AvgIpc) is 2.14. The molecular weight excluding hydrogens is 218 g/mol. The summed E-state index contributed by atoms with van der Waals surface area (Å²) in [6.07, 6.45) is 0. The lowest BCUT2D eigenvalue weighted by Crippen LogP contribution is -2.47. The number of amidine groups is 3. The fourth-order valence-electron chi connectivity index (χ4n) is 1.25.